The van der Waals surface area contributed by atoms with Crippen LogP contribution < -0.4 is 4.74 Å². The molecular weight excluding hydrogens is 324 g/mol. The molecule has 0 radical (unpaired) electrons. The third kappa shape index (κ3) is 3.35. The van der Waals surface area contributed by atoms with Crippen LogP contribution in [0.4, 0.5) is 0 Å². The van der Waals surface area contributed by atoms with E-state index in [0.717, 1.165) is 27.7 Å². The Hall–Kier alpha value is -3.40. The number of aromatic nitrogens is 2. The van der Waals surface area contributed by atoms with Gasteiger partial charge in [0.1, 0.15) is 5.75 Å². The maximum Gasteiger partial charge on any atom is 0.315 e. The van der Waals surface area contributed by atoms with Crippen LogP contribution in [0.25, 0.3) is 22.2 Å². The van der Waals surface area contributed by atoms with Crippen LogP contribution in [0, 0.1) is 0 Å². The first-order chi connectivity index (χ1) is 12.7. The second kappa shape index (κ2) is 6.84. The number of ether oxygens (including phenoxy) is 1. The average Bonchev–Trinajstić information content (AvgIpc) is 3.03. The van der Waals surface area contributed by atoms with E-state index in [9.17, 15) is 4.79 Å². The zero-order valence-electron chi connectivity index (χ0n) is 14.4. The highest BCUT2D eigenvalue weighted by Crippen LogP contribution is 2.21. The number of carbonyl (C=O) groups excluding carboxylic acids is 1. The molecule has 0 bridgehead atoms. The Kier molecular flexibility index (Phi) is 4.23. The molecule has 1 aromatic heterocycles. The van der Waals surface area contributed by atoms with Gasteiger partial charge in [0.25, 0.3) is 0 Å². The van der Waals surface area contributed by atoms with Crippen molar-refractivity contribution in [2.24, 2.45) is 7.05 Å². The van der Waals surface area contributed by atoms with Crippen LogP contribution in [0.15, 0.2) is 79.1 Å². The molecule has 3 aromatic carbocycles. The van der Waals surface area contributed by atoms with Gasteiger partial charge in [-0.1, -0.05) is 54.6 Å². The molecule has 4 nitrogen and oxygen atoms in total. The van der Waals surface area contributed by atoms with E-state index in [1.54, 1.807) is 18.5 Å². The molecule has 4 heteroatoms. The summed E-state index contributed by atoms with van der Waals surface area (Å²) in [5.74, 6) is 0.231. The van der Waals surface area contributed by atoms with Gasteiger partial charge >= 0.3 is 5.97 Å². The van der Waals surface area contributed by atoms with E-state index in [1.165, 1.54) is 0 Å². The van der Waals surface area contributed by atoms with Crippen LogP contribution in [0.5, 0.6) is 5.75 Å². The van der Waals surface area contributed by atoms with Gasteiger partial charge in [0.2, 0.25) is 0 Å². The molecule has 0 N–H and O–H groups in total. The summed E-state index contributed by atoms with van der Waals surface area (Å²) in [4.78, 5) is 16.5. The van der Waals surface area contributed by atoms with Crippen LogP contribution in [0.2, 0.25) is 0 Å². The van der Waals surface area contributed by atoms with Crippen molar-refractivity contribution in [1.82, 2.24) is 9.55 Å². The fourth-order valence-electron chi connectivity index (χ4n) is 2.96. The highest BCUT2D eigenvalue weighted by Gasteiger charge is 2.09. The minimum absolute atomic E-state index is 0.231. The minimum Gasteiger partial charge on any atom is -0.426 e. The maximum atomic E-state index is 12.2. The summed E-state index contributed by atoms with van der Waals surface area (Å²) < 4.78 is 7.39. The summed E-state index contributed by atoms with van der Waals surface area (Å²) in [6.45, 7) is 0. The molecule has 26 heavy (non-hydrogen) atoms. The van der Waals surface area contributed by atoms with Crippen molar-refractivity contribution in [1.29, 1.82) is 0 Å². The highest BCUT2D eigenvalue weighted by atomic mass is 16.5. The Morgan fingerprint density at radius 2 is 1.69 bits per heavy atom. The summed E-state index contributed by atoms with van der Waals surface area (Å²) >= 11 is 0. The van der Waals surface area contributed by atoms with Crippen molar-refractivity contribution >= 4 is 17.0 Å². The minimum atomic E-state index is -0.284. The van der Waals surface area contributed by atoms with E-state index < -0.39 is 0 Å². The Morgan fingerprint density at radius 3 is 2.46 bits per heavy atom. The maximum absolute atomic E-state index is 12.2. The monoisotopic (exact) mass is 342 g/mol. The fraction of sp³-hybridized carbons (Fsp3) is 0.0909. The quantitative estimate of drug-likeness (QED) is 0.408. The summed E-state index contributed by atoms with van der Waals surface area (Å²) in [7, 11) is 1.93. The molecule has 0 atom stereocenters. The third-order valence-electron chi connectivity index (χ3n) is 4.34. The van der Waals surface area contributed by atoms with E-state index in [4.69, 9.17) is 4.74 Å². The second-order valence-electron chi connectivity index (χ2n) is 6.22. The summed E-state index contributed by atoms with van der Waals surface area (Å²) in [6.07, 6.45) is 1.97. The van der Waals surface area contributed by atoms with Crippen LogP contribution in [-0.4, -0.2) is 15.5 Å². The first kappa shape index (κ1) is 16.1. The van der Waals surface area contributed by atoms with Crippen molar-refractivity contribution in [3.8, 4) is 16.9 Å². The van der Waals surface area contributed by atoms with Gasteiger partial charge in [-0.2, -0.15) is 0 Å². The molecule has 0 amide bonds. The molecule has 0 fully saturated rings. The van der Waals surface area contributed by atoms with Gasteiger partial charge in [-0.25, -0.2) is 4.98 Å². The molecule has 0 saturated carbocycles. The largest absolute Gasteiger partial charge is 0.426 e. The topological polar surface area (TPSA) is 44.1 Å². The van der Waals surface area contributed by atoms with Crippen molar-refractivity contribution in [2.75, 3.05) is 0 Å². The number of fused-ring (bicyclic) bond motifs is 1. The second-order valence-corrected chi connectivity index (χ2v) is 6.22. The highest BCUT2D eigenvalue weighted by molar-refractivity contribution is 5.80. The van der Waals surface area contributed by atoms with Gasteiger partial charge in [0, 0.05) is 13.1 Å². The number of nitrogens with zero attached hydrogens (tertiary/aromatic N) is 2. The van der Waals surface area contributed by atoms with E-state index in [0.29, 0.717) is 5.75 Å². The van der Waals surface area contributed by atoms with Crippen LogP contribution in [0.3, 0.4) is 0 Å². The van der Waals surface area contributed by atoms with E-state index >= 15 is 0 Å². The lowest BCUT2D eigenvalue weighted by Crippen LogP contribution is -2.11. The molecule has 0 saturated heterocycles. The number of hydrogen-bond acceptors (Lipinski definition) is 3. The molecule has 4 rings (SSSR count). The number of benzene rings is 3. The predicted molar refractivity (Wildman–Crippen MR) is 102 cm³/mol. The standard InChI is InChI=1S/C22H18N2O2/c1-24-15-23-20-14-19(11-12-21(20)24)26-22(25)13-16-7-9-18(10-8-16)17-5-3-2-4-6-17/h2-12,14-15H,13H2,1H3. The van der Waals surface area contributed by atoms with Gasteiger partial charge in [0.05, 0.1) is 23.8 Å². The molecule has 1 heterocycles. The smallest absolute Gasteiger partial charge is 0.315 e. The van der Waals surface area contributed by atoms with Gasteiger partial charge in [-0.15, -0.1) is 0 Å². The zero-order valence-corrected chi connectivity index (χ0v) is 14.4. The molecule has 0 aliphatic carbocycles. The summed E-state index contributed by atoms with van der Waals surface area (Å²) in [5, 5.41) is 0. The Balaban J connectivity index is 1.44. The van der Waals surface area contributed by atoms with Gasteiger partial charge < -0.3 is 9.30 Å². The SMILES string of the molecule is Cn1cnc2cc(OC(=O)Cc3ccc(-c4ccccc4)cc3)ccc21. The summed E-state index contributed by atoms with van der Waals surface area (Å²) in [5.41, 5.74) is 5.02. The Bertz CT molecular complexity index is 1050. The van der Waals surface area contributed by atoms with Crippen LogP contribution in [0.1, 0.15) is 5.56 Å². The number of hydrogen-bond donors (Lipinski definition) is 0. The number of rotatable bonds is 4. The number of carbonyl (C=O) groups is 1. The van der Waals surface area contributed by atoms with Crippen molar-refractivity contribution in [3.05, 3.63) is 84.7 Å². The number of esters is 1. The van der Waals surface area contributed by atoms with E-state index in [1.807, 2.05) is 60.1 Å². The number of aryl methyl sites for hydroxylation is 1. The molecule has 0 unspecified atom stereocenters. The normalized spacial score (nSPS) is 10.8. The first-order valence-corrected chi connectivity index (χ1v) is 8.45. The van der Waals surface area contributed by atoms with E-state index in [-0.39, 0.29) is 12.4 Å². The van der Waals surface area contributed by atoms with Crippen LogP contribution in [-0.2, 0) is 18.3 Å². The zero-order chi connectivity index (χ0) is 17.9. The Morgan fingerprint density at radius 1 is 0.962 bits per heavy atom. The lowest BCUT2D eigenvalue weighted by Gasteiger charge is -2.06. The molecule has 0 aliphatic heterocycles. The average molecular weight is 342 g/mol. The first-order valence-electron chi connectivity index (χ1n) is 8.45. The molecule has 4 aromatic rings. The molecule has 128 valence electrons. The van der Waals surface area contributed by atoms with Crippen molar-refractivity contribution in [2.45, 2.75) is 6.42 Å². The van der Waals surface area contributed by atoms with E-state index in [2.05, 4.69) is 17.1 Å². The summed E-state index contributed by atoms with van der Waals surface area (Å²) in [6, 6.07) is 23.6. The Labute approximate surface area is 151 Å². The predicted octanol–water partition coefficient (Wildman–Crippen LogP) is 4.39. The fourth-order valence-corrected chi connectivity index (χ4v) is 2.96. The van der Waals surface area contributed by atoms with Crippen molar-refractivity contribution in [3.63, 3.8) is 0 Å². The molecule has 0 aliphatic rings. The van der Waals surface area contributed by atoms with Crippen molar-refractivity contribution < 1.29 is 9.53 Å². The van der Waals surface area contributed by atoms with Gasteiger partial charge in [-0.3, -0.25) is 4.79 Å². The lowest BCUT2D eigenvalue weighted by molar-refractivity contribution is -0.133. The number of imidazole rings is 1. The molecular formula is C22H18N2O2. The molecule has 0 spiro atoms. The van der Waals surface area contributed by atoms with Crippen LogP contribution >= 0.6 is 0 Å². The third-order valence-corrected chi connectivity index (χ3v) is 4.34. The van der Waals surface area contributed by atoms with Gasteiger partial charge in [-0.05, 0) is 28.8 Å². The van der Waals surface area contributed by atoms with Gasteiger partial charge in [0.15, 0.2) is 0 Å². The lowest BCUT2D eigenvalue weighted by atomic mass is 10.0.